The highest BCUT2D eigenvalue weighted by Crippen LogP contribution is 2.39. The summed E-state index contributed by atoms with van der Waals surface area (Å²) in [5, 5.41) is 5.43. The third kappa shape index (κ3) is 3.43. The van der Waals surface area contributed by atoms with Crippen molar-refractivity contribution in [2.75, 3.05) is 13.3 Å². The van der Waals surface area contributed by atoms with Crippen molar-refractivity contribution in [3.05, 3.63) is 21.9 Å². The lowest BCUT2D eigenvalue weighted by Crippen LogP contribution is -2.34. The van der Waals surface area contributed by atoms with Crippen LogP contribution in [0.3, 0.4) is 0 Å². The number of nitrogens with one attached hydrogen (secondary N) is 1. The number of thiophene rings is 1. The van der Waals surface area contributed by atoms with Gasteiger partial charge in [0.2, 0.25) is 0 Å². The van der Waals surface area contributed by atoms with E-state index in [1.54, 1.807) is 11.3 Å². The van der Waals surface area contributed by atoms with Gasteiger partial charge in [0.15, 0.2) is 0 Å². The Morgan fingerprint density at radius 2 is 2.20 bits per heavy atom. The minimum absolute atomic E-state index is 0.151. The lowest BCUT2D eigenvalue weighted by atomic mass is 9.82. The lowest BCUT2D eigenvalue weighted by molar-refractivity contribution is 0.284. The van der Waals surface area contributed by atoms with E-state index in [1.165, 1.54) is 16.7 Å². The van der Waals surface area contributed by atoms with Gasteiger partial charge in [-0.1, -0.05) is 13.3 Å². The average molecular weight is 316 g/mol. The van der Waals surface area contributed by atoms with Gasteiger partial charge in [0.05, 0.1) is 5.25 Å². The Bertz CT molecular complexity index is 536. The van der Waals surface area contributed by atoms with Crippen molar-refractivity contribution in [3.63, 3.8) is 0 Å². The fraction of sp³-hybridized carbons (Fsp3) is 0.733. The minimum Gasteiger partial charge on any atom is -0.312 e. The summed E-state index contributed by atoms with van der Waals surface area (Å²) in [5.74, 6) is 0.428. The fourth-order valence-electron chi connectivity index (χ4n) is 3.37. The van der Waals surface area contributed by atoms with Crippen LogP contribution in [0, 0.1) is 5.92 Å². The van der Waals surface area contributed by atoms with Gasteiger partial charge in [-0.25, -0.2) is 8.42 Å². The molecular weight excluding hydrogens is 290 g/mol. The molecule has 114 valence electrons. The van der Waals surface area contributed by atoms with Crippen LogP contribution in [0.4, 0.5) is 0 Å². The molecule has 2 rings (SSSR count). The molecular formula is C15H25NO2S2. The zero-order valence-electron chi connectivity index (χ0n) is 12.6. The summed E-state index contributed by atoms with van der Waals surface area (Å²) < 4.78 is 23.7. The van der Waals surface area contributed by atoms with Crippen LogP contribution in [0.15, 0.2) is 11.4 Å². The molecule has 0 spiro atoms. The van der Waals surface area contributed by atoms with Gasteiger partial charge in [-0.05, 0) is 55.7 Å². The first-order valence-corrected chi connectivity index (χ1v) is 10.2. The molecule has 20 heavy (non-hydrogen) atoms. The van der Waals surface area contributed by atoms with E-state index in [-0.39, 0.29) is 5.25 Å². The molecule has 1 aliphatic carbocycles. The van der Waals surface area contributed by atoms with Crippen LogP contribution in [0.2, 0.25) is 0 Å². The van der Waals surface area contributed by atoms with Gasteiger partial charge in [-0.3, -0.25) is 0 Å². The number of hydrogen-bond acceptors (Lipinski definition) is 4. The number of hydrogen-bond donors (Lipinski definition) is 1. The smallest absolute Gasteiger partial charge is 0.150 e. The second kappa shape index (κ2) is 6.58. The Morgan fingerprint density at radius 1 is 1.45 bits per heavy atom. The normalized spacial score (nSPS) is 25.6. The highest BCUT2D eigenvalue weighted by molar-refractivity contribution is 7.91. The zero-order chi connectivity index (χ0) is 14.8. The molecule has 0 aromatic carbocycles. The van der Waals surface area contributed by atoms with E-state index in [0.29, 0.717) is 12.0 Å². The van der Waals surface area contributed by atoms with Gasteiger partial charge < -0.3 is 5.32 Å². The minimum atomic E-state index is -2.91. The van der Waals surface area contributed by atoms with E-state index in [4.69, 9.17) is 0 Å². The monoisotopic (exact) mass is 315 g/mol. The summed E-state index contributed by atoms with van der Waals surface area (Å²) in [7, 11) is -0.915. The molecule has 3 unspecified atom stereocenters. The molecule has 1 heterocycles. The lowest BCUT2D eigenvalue weighted by Gasteiger charge is -2.33. The van der Waals surface area contributed by atoms with Crippen LogP contribution in [0.25, 0.3) is 0 Å². The summed E-state index contributed by atoms with van der Waals surface area (Å²) in [6, 6.07) is 2.50. The second-order valence-electron chi connectivity index (χ2n) is 5.81. The van der Waals surface area contributed by atoms with Gasteiger partial charge in [-0.15, -0.1) is 11.3 Å². The predicted molar refractivity (Wildman–Crippen MR) is 86.1 cm³/mol. The van der Waals surface area contributed by atoms with E-state index in [9.17, 15) is 8.42 Å². The van der Waals surface area contributed by atoms with Crippen molar-refractivity contribution in [1.29, 1.82) is 0 Å². The first-order valence-electron chi connectivity index (χ1n) is 7.39. The molecule has 5 heteroatoms. The van der Waals surface area contributed by atoms with Crippen LogP contribution in [0.1, 0.15) is 49.1 Å². The van der Waals surface area contributed by atoms with Crippen molar-refractivity contribution < 1.29 is 8.42 Å². The molecule has 3 nitrogen and oxygen atoms in total. The molecule has 0 saturated heterocycles. The maximum atomic E-state index is 11.8. The SMILES string of the molecule is CCc1ccsc1C(NC)C1CCCC(S(C)(=O)=O)C1. The second-order valence-corrected chi connectivity index (χ2v) is 9.08. The molecule has 1 aliphatic rings. The van der Waals surface area contributed by atoms with Crippen molar-refractivity contribution in [3.8, 4) is 0 Å². The zero-order valence-corrected chi connectivity index (χ0v) is 14.2. The van der Waals surface area contributed by atoms with Crippen LogP contribution >= 0.6 is 11.3 Å². The van der Waals surface area contributed by atoms with E-state index < -0.39 is 9.84 Å². The Labute approximate surface area is 126 Å². The third-order valence-corrected chi connectivity index (χ3v) is 7.18. The number of aryl methyl sites for hydroxylation is 1. The predicted octanol–water partition coefficient (Wildman–Crippen LogP) is 3.17. The fourth-order valence-corrected chi connectivity index (χ4v) is 5.76. The van der Waals surface area contributed by atoms with Crippen molar-refractivity contribution in [2.24, 2.45) is 5.92 Å². The molecule has 1 fully saturated rings. The van der Waals surface area contributed by atoms with E-state index in [0.717, 1.165) is 32.1 Å². The molecule has 1 saturated carbocycles. The third-order valence-electron chi connectivity index (χ3n) is 4.50. The quantitative estimate of drug-likeness (QED) is 0.908. The van der Waals surface area contributed by atoms with Crippen molar-refractivity contribution in [2.45, 2.75) is 50.3 Å². The highest BCUT2D eigenvalue weighted by atomic mass is 32.2. The Hall–Kier alpha value is -0.390. The first kappa shape index (κ1) is 16.0. The molecule has 3 atom stereocenters. The van der Waals surface area contributed by atoms with E-state index in [2.05, 4.69) is 23.7 Å². The Kier molecular flexibility index (Phi) is 5.26. The average Bonchev–Trinajstić information content (AvgIpc) is 2.87. The van der Waals surface area contributed by atoms with Gasteiger partial charge >= 0.3 is 0 Å². The van der Waals surface area contributed by atoms with Crippen LogP contribution in [-0.4, -0.2) is 27.0 Å². The number of rotatable bonds is 5. The maximum absolute atomic E-state index is 11.8. The summed E-state index contributed by atoms with van der Waals surface area (Å²) in [5.41, 5.74) is 1.40. The van der Waals surface area contributed by atoms with Gasteiger partial charge in [0.1, 0.15) is 9.84 Å². The molecule has 0 aliphatic heterocycles. The number of sulfone groups is 1. The molecule has 0 amide bonds. The van der Waals surface area contributed by atoms with E-state index >= 15 is 0 Å². The highest BCUT2D eigenvalue weighted by Gasteiger charge is 2.34. The van der Waals surface area contributed by atoms with Crippen LogP contribution < -0.4 is 5.32 Å². The summed E-state index contributed by atoms with van der Waals surface area (Å²) in [6.07, 6.45) is 6.20. The van der Waals surface area contributed by atoms with Crippen molar-refractivity contribution in [1.82, 2.24) is 5.32 Å². The summed E-state index contributed by atoms with van der Waals surface area (Å²) >= 11 is 1.80. The van der Waals surface area contributed by atoms with E-state index in [1.807, 2.05) is 7.05 Å². The van der Waals surface area contributed by atoms with Crippen LogP contribution in [-0.2, 0) is 16.3 Å². The Balaban J connectivity index is 2.19. The standard InChI is InChI=1S/C15H25NO2S2/c1-4-11-8-9-19-15(11)14(16-2)12-6-5-7-13(10-12)20(3,17)18/h8-9,12-14,16H,4-7,10H2,1-3H3. The van der Waals surface area contributed by atoms with Gasteiger partial charge in [0.25, 0.3) is 0 Å². The first-order chi connectivity index (χ1) is 9.47. The molecule has 0 radical (unpaired) electrons. The largest absolute Gasteiger partial charge is 0.312 e. The summed E-state index contributed by atoms with van der Waals surface area (Å²) in [4.78, 5) is 1.40. The van der Waals surface area contributed by atoms with Gasteiger partial charge in [-0.2, -0.15) is 0 Å². The molecule has 1 aromatic heterocycles. The summed E-state index contributed by atoms with van der Waals surface area (Å²) in [6.45, 7) is 2.18. The Morgan fingerprint density at radius 3 is 2.80 bits per heavy atom. The molecule has 0 bridgehead atoms. The maximum Gasteiger partial charge on any atom is 0.150 e. The topological polar surface area (TPSA) is 46.2 Å². The molecule has 1 N–H and O–H groups in total. The molecule has 1 aromatic rings. The van der Waals surface area contributed by atoms with Gasteiger partial charge in [0, 0.05) is 17.2 Å². The van der Waals surface area contributed by atoms with Crippen molar-refractivity contribution >= 4 is 21.2 Å². The van der Waals surface area contributed by atoms with Crippen LogP contribution in [0.5, 0.6) is 0 Å².